The number of nitrogens with one attached hydrogen (secondary N) is 1. The van der Waals surface area contributed by atoms with E-state index < -0.39 is 0 Å². The summed E-state index contributed by atoms with van der Waals surface area (Å²) in [6.45, 7) is 5.05. The first-order valence-electron chi connectivity index (χ1n) is 10.1. The van der Waals surface area contributed by atoms with Crippen molar-refractivity contribution in [1.29, 1.82) is 0 Å². The molecule has 5 nitrogen and oxygen atoms in total. The van der Waals surface area contributed by atoms with Crippen molar-refractivity contribution in [2.45, 2.75) is 6.42 Å². The van der Waals surface area contributed by atoms with Crippen molar-refractivity contribution >= 4 is 40.0 Å². The van der Waals surface area contributed by atoms with Crippen LogP contribution in [-0.2, 0) is 4.74 Å². The number of ether oxygens (including phenoxy) is 1. The lowest BCUT2D eigenvalue weighted by Gasteiger charge is -2.26. The second-order valence-electron chi connectivity index (χ2n) is 7.26. The highest BCUT2D eigenvalue weighted by Gasteiger charge is 2.15. The van der Waals surface area contributed by atoms with Crippen molar-refractivity contribution in [3.8, 4) is 11.3 Å². The lowest BCUT2D eigenvalue weighted by molar-refractivity contribution is 0.0374. The number of pyridine rings is 1. The van der Waals surface area contributed by atoms with Gasteiger partial charge in [0.1, 0.15) is 0 Å². The predicted octanol–water partition coefficient (Wildman–Crippen LogP) is 4.66. The van der Waals surface area contributed by atoms with Gasteiger partial charge in [-0.25, -0.2) is 4.98 Å². The number of para-hydroxylation sites is 1. The van der Waals surface area contributed by atoms with Crippen LogP contribution >= 0.6 is 23.2 Å². The second-order valence-corrected chi connectivity index (χ2v) is 8.08. The molecule has 0 unspecified atom stereocenters. The Labute approximate surface area is 185 Å². The molecule has 156 valence electrons. The minimum absolute atomic E-state index is 0.100. The third kappa shape index (κ3) is 4.93. The van der Waals surface area contributed by atoms with Gasteiger partial charge in [0, 0.05) is 30.6 Å². The number of amides is 1. The average Bonchev–Trinajstić information content (AvgIpc) is 2.78. The molecular formula is C23H23Cl2N3O2. The topological polar surface area (TPSA) is 54.5 Å². The van der Waals surface area contributed by atoms with Crippen LogP contribution in [0.1, 0.15) is 16.8 Å². The Hall–Kier alpha value is -2.18. The Morgan fingerprint density at radius 1 is 1.07 bits per heavy atom. The van der Waals surface area contributed by atoms with E-state index in [0.29, 0.717) is 27.8 Å². The van der Waals surface area contributed by atoms with Gasteiger partial charge < -0.3 is 10.1 Å². The van der Waals surface area contributed by atoms with E-state index in [1.807, 2.05) is 36.4 Å². The number of benzene rings is 2. The third-order valence-corrected chi connectivity index (χ3v) is 5.96. The molecule has 0 spiro atoms. The molecular weight excluding hydrogens is 421 g/mol. The van der Waals surface area contributed by atoms with Crippen LogP contribution in [0.25, 0.3) is 22.2 Å². The zero-order chi connectivity index (χ0) is 20.9. The molecule has 2 aromatic carbocycles. The fourth-order valence-corrected chi connectivity index (χ4v) is 3.89. The molecule has 0 saturated carbocycles. The molecule has 1 aromatic heterocycles. The molecule has 0 aliphatic carbocycles. The number of hydrogen-bond acceptors (Lipinski definition) is 4. The Morgan fingerprint density at radius 3 is 2.67 bits per heavy atom. The molecule has 1 aliphatic rings. The number of rotatable bonds is 6. The fraction of sp³-hybridized carbons (Fsp3) is 0.304. The maximum Gasteiger partial charge on any atom is 0.252 e. The van der Waals surface area contributed by atoms with Gasteiger partial charge in [-0.15, -0.1) is 0 Å². The summed E-state index contributed by atoms with van der Waals surface area (Å²) in [6.07, 6.45) is 0.897. The van der Waals surface area contributed by atoms with E-state index in [-0.39, 0.29) is 5.91 Å². The summed E-state index contributed by atoms with van der Waals surface area (Å²) in [5, 5.41) is 4.83. The van der Waals surface area contributed by atoms with Crippen LogP contribution in [-0.4, -0.2) is 55.2 Å². The SMILES string of the molecule is O=C(NCCCN1CCOCC1)c1cc(-c2ccc(Cl)c(Cl)c2)nc2ccccc12. The van der Waals surface area contributed by atoms with Gasteiger partial charge in [-0.05, 0) is 37.2 Å². The molecule has 0 atom stereocenters. The zero-order valence-electron chi connectivity index (χ0n) is 16.5. The first-order valence-corrected chi connectivity index (χ1v) is 10.8. The Balaban J connectivity index is 1.53. The highest BCUT2D eigenvalue weighted by molar-refractivity contribution is 6.42. The van der Waals surface area contributed by atoms with Gasteiger partial charge in [-0.1, -0.05) is 47.5 Å². The van der Waals surface area contributed by atoms with Crippen molar-refractivity contribution in [1.82, 2.24) is 15.2 Å². The minimum atomic E-state index is -0.100. The smallest absolute Gasteiger partial charge is 0.252 e. The number of aromatic nitrogens is 1. The largest absolute Gasteiger partial charge is 0.379 e. The van der Waals surface area contributed by atoms with E-state index in [4.69, 9.17) is 32.9 Å². The summed E-state index contributed by atoms with van der Waals surface area (Å²) in [6, 6.07) is 14.8. The molecule has 1 saturated heterocycles. The normalized spacial score (nSPS) is 14.7. The maximum absolute atomic E-state index is 13.0. The minimum Gasteiger partial charge on any atom is -0.379 e. The second kappa shape index (κ2) is 9.75. The monoisotopic (exact) mass is 443 g/mol. The molecule has 2 heterocycles. The van der Waals surface area contributed by atoms with Gasteiger partial charge in [-0.3, -0.25) is 9.69 Å². The molecule has 4 rings (SSSR count). The molecule has 30 heavy (non-hydrogen) atoms. The van der Waals surface area contributed by atoms with Crippen molar-refractivity contribution in [2.75, 3.05) is 39.4 Å². The molecule has 3 aromatic rings. The molecule has 0 radical (unpaired) electrons. The first-order chi connectivity index (χ1) is 14.6. The first kappa shape index (κ1) is 21.1. The highest BCUT2D eigenvalue weighted by atomic mass is 35.5. The number of halogens is 2. The van der Waals surface area contributed by atoms with Crippen molar-refractivity contribution in [3.63, 3.8) is 0 Å². The number of fused-ring (bicyclic) bond motifs is 1. The van der Waals surface area contributed by atoms with E-state index in [1.54, 1.807) is 12.1 Å². The van der Waals surface area contributed by atoms with Gasteiger partial charge in [0.05, 0.1) is 40.0 Å². The summed E-state index contributed by atoms with van der Waals surface area (Å²) < 4.78 is 5.37. The fourth-order valence-electron chi connectivity index (χ4n) is 3.59. The number of carbonyl (C=O) groups is 1. The van der Waals surface area contributed by atoms with E-state index in [9.17, 15) is 4.79 Å². The van der Waals surface area contributed by atoms with E-state index >= 15 is 0 Å². The van der Waals surface area contributed by atoms with Gasteiger partial charge in [-0.2, -0.15) is 0 Å². The van der Waals surface area contributed by atoms with E-state index in [2.05, 4.69) is 10.2 Å². The Morgan fingerprint density at radius 2 is 1.87 bits per heavy atom. The quantitative estimate of drug-likeness (QED) is 0.562. The molecule has 1 N–H and O–H groups in total. The number of nitrogens with zero attached hydrogens (tertiary/aromatic N) is 2. The Bertz CT molecular complexity index is 1050. The lowest BCUT2D eigenvalue weighted by atomic mass is 10.0. The average molecular weight is 444 g/mol. The Kier molecular flexibility index (Phi) is 6.85. The van der Waals surface area contributed by atoms with E-state index in [0.717, 1.165) is 55.7 Å². The van der Waals surface area contributed by atoms with Crippen molar-refractivity contribution in [3.05, 3.63) is 64.1 Å². The van der Waals surface area contributed by atoms with Crippen LogP contribution in [0.3, 0.4) is 0 Å². The summed E-state index contributed by atoms with van der Waals surface area (Å²) in [7, 11) is 0. The van der Waals surface area contributed by atoms with Crippen LogP contribution in [0, 0.1) is 0 Å². The molecule has 1 aliphatic heterocycles. The number of carbonyl (C=O) groups excluding carboxylic acids is 1. The zero-order valence-corrected chi connectivity index (χ0v) is 18.0. The van der Waals surface area contributed by atoms with Gasteiger partial charge in [0.15, 0.2) is 0 Å². The van der Waals surface area contributed by atoms with Crippen LogP contribution in [0.4, 0.5) is 0 Å². The summed E-state index contributed by atoms with van der Waals surface area (Å²) in [4.78, 5) is 20.1. The molecule has 1 fully saturated rings. The third-order valence-electron chi connectivity index (χ3n) is 5.22. The van der Waals surface area contributed by atoms with E-state index in [1.165, 1.54) is 0 Å². The summed E-state index contributed by atoms with van der Waals surface area (Å²) >= 11 is 12.2. The van der Waals surface area contributed by atoms with Crippen LogP contribution in [0.15, 0.2) is 48.5 Å². The van der Waals surface area contributed by atoms with Crippen LogP contribution in [0.2, 0.25) is 10.0 Å². The molecule has 7 heteroatoms. The highest BCUT2D eigenvalue weighted by Crippen LogP contribution is 2.30. The van der Waals surface area contributed by atoms with Crippen molar-refractivity contribution < 1.29 is 9.53 Å². The van der Waals surface area contributed by atoms with Gasteiger partial charge >= 0.3 is 0 Å². The standard InChI is InChI=1S/C23H23Cl2N3O2/c24-19-7-6-16(14-20(19)25)22-15-18(17-4-1-2-5-21(17)27-22)23(29)26-8-3-9-28-10-12-30-13-11-28/h1-2,4-7,14-15H,3,8-13H2,(H,26,29). The number of hydrogen-bond donors (Lipinski definition) is 1. The summed E-state index contributed by atoms with van der Waals surface area (Å²) in [5.41, 5.74) is 2.87. The lowest BCUT2D eigenvalue weighted by Crippen LogP contribution is -2.38. The van der Waals surface area contributed by atoms with Gasteiger partial charge in [0.2, 0.25) is 0 Å². The van der Waals surface area contributed by atoms with Crippen LogP contribution in [0.5, 0.6) is 0 Å². The van der Waals surface area contributed by atoms with Gasteiger partial charge in [0.25, 0.3) is 5.91 Å². The summed E-state index contributed by atoms with van der Waals surface area (Å²) in [5.74, 6) is -0.100. The molecule has 0 bridgehead atoms. The van der Waals surface area contributed by atoms with Crippen LogP contribution < -0.4 is 5.32 Å². The predicted molar refractivity (Wildman–Crippen MR) is 121 cm³/mol. The maximum atomic E-state index is 13.0. The molecule has 1 amide bonds. The van der Waals surface area contributed by atoms with Crippen molar-refractivity contribution in [2.24, 2.45) is 0 Å². The number of morpholine rings is 1.